The summed E-state index contributed by atoms with van der Waals surface area (Å²) in [5.41, 5.74) is 1.66. The van der Waals surface area contributed by atoms with Crippen LogP contribution in [0.15, 0.2) is 42.5 Å². The second-order valence-electron chi connectivity index (χ2n) is 5.55. The maximum absolute atomic E-state index is 3.41. The zero-order valence-electron chi connectivity index (χ0n) is 11.7. The average Bonchev–Trinajstić information content (AvgIpc) is 2.38. The van der Waals surface area contributed by atoms with E-state index in [1.165, 1.54) is 22.8 Å². The molecule has 1 heteroatoms. The van der Waals surface area contributed by atoms with Gasteiger partial charge in [0.05, 0.1) is 0 Å². The molecule has 0 aromatic heterocycles. The summed E-state index contributed by atoms with van der Waals surface area (Å²) in [6.45, 7) is 8.94. The van der Waals surface area contributed by atoms with Crippen molar-refractivity contribution in [3.8, 4) is 0 Å². The molecule has 1 N–H and O–H groups in total. The first kappa shape index (κ1) is 13.1. The van der Waals surface area contributed by atoms with Gasteiger partial charge in [-0.1, -0.05) is 63.2 Å². The Bertz CT molecular complexity index is 514. The summed E-state index contributed by atoms with van der Waals surface area (Å²) in [5.74, 6) is 0. The molecule has 0 saturated heterocycles. The number of hydrogen-bond acceptors (Lipinski definition) is 1. The molecule has 0 unspecified atom stereocenters. The molecule has 0 aliphatic carbocycles. The van der Waals surface area contributed by atoms with Crippen LogP contribution in [0.1, 0.15) is 32.8 Å². The highest BCUT2D eigenvalue weighted by Crippen LogP contribution is 2.29. The second kappa shape index (κ2) is 5.53. The molecule has 0 amide bonds. The van der Waals surface area contributed by atoms with Gasteiger partial charge in [-0.25, -0.2) is 0 Å². The van der Waals surface area contributed by atoms with Gasteiger partial charge in [0.25, 0.3) is 0 Å². The van der Waals surface area contributed by atoms with Crippen molar-refractivity contribution in [2.75, 3.05) is 13.1 Å². The predicted molar refractivity (Wildman–Crippen MR) is 80.1 cm³/mol. The van der Waals surface area contributed by atoms with Crippen LogP contribution in [0.25, 0.3) is 10.8 Å². The molecule has 0 fully saturated rings. The minimum atomic E-state index is 0.228. The molecule has 2 aromatic carbocycles. The Labute approximate surface area is 110 Å². The van der Waals surface area contributed by atoms with Gasteiger partial charge in [0.15, 0.2) is 0 Å². The van der Waals surface area contributed by atoms with Crippen LogP contribution >= 0.6 is 0 Å². The second-order valence-corrected chi connectivity index (χ2v) is 5.55. The maximum atomic E-state index is 3.41. The summed E-state index contributed by atoms with van der Waals surface area (Å²) >= 11 is 0. The molecule has 0 radical (unpaired) electrons. The fourth-order valence-corrected chi connectivity index (χ4v) is 2.33. The average molecular weight is 241 g/mol. The number of hydrogen-bond donors (Lipinski definition) is 1. The Morgan fingerprint density at radius 3 is 2.44 bits per heavy atom. The highest BCUT2D eigenvalue weighted by Gasteiger charge is 2.19. The molecule has 0 saturated carbocycles. The van der Waals surface area contributed by atoms with Crippen LogP contribution in [-0.4, -0.2) is 13.1 Å². The van der Waals surface area contributed by atoms with E-state index in [1.807, 2.05) is 0 Å². The van der Waals surface area contributed by atoms with Crippen LogP contribution in [0.2, 0.25) is 0 Å². The maximum Gasteiger partial charge on any atom is -0.00407 e. The fourth-order valence-electron chi connectivity index (χ4n) is 2.33. The van der Waals surface area contributed by atoms with E-state index in [0.717, 1.165) is 13.1 Å². The predicted octanol–water partition coefficient (Wildman–Crippen LogP) is 4.12. The first-order valence-corrected chi connectivity index (χ1v) is 6.83. The molecule has 96 valence electrons. The Morgan fingerprint density at radius 2 is 1.72 bits per heavy atom. The lowest BCUT2D eigenvalue weighted by Crippen LogP contribution is -2.25. The third-order valence-electron chi connectivity index (χ3n) is 3.71. The van der Waals surface area contributed by atoms with Gasteiger partial charge in [-0.2, -0.15) is 0 Å². The van der Waals surface area contributed by atoms with Gasteiger partial charge < -0.3 is 5.32 Å². The molecule has 0 spiro atoms. The van der Waals surface area contributed by atoms with Crippen molar-refractivity contribution in [1.82, 2.24) is 5.32 Å². The SMILES string of the molecule is CCNCCC(C)(C)c1ccc2ccccc2c1. The highest BCUT2D eigenvalue weighted by atomic mass is 14.8. The lowest BCUT2D eigenvalue weighted by Gasteiger charge is -2.26. The van der Waals surface area contributed by atoms with E-state index in [1.54, 1.807) is 0 Å². The zero-order valence-corrected chi connectivity index (χ0v) is 11.7. The lowest BCUT2D eigenvalue weighted by atomic mass is 9.81. The van der Waals surface area contributed by atoms with Crippen molar-refractivity contribution in [2.24, 2.45) is 0 Å². The Balaban J connectivity index is 2.23. The third-order valence-corrected chi connectivity index (χ3v) is 3.71. The minimum Gasteiger partial charge on any atom is -0.317 e. The van der Waals surface area contributed by atoms with Gasteiger partial charge in [0.2, 0.25) is 0 Å². The van der Waals surface area contributed by atoms with Crippen LogP contribution in [0.5, 0.6) is 0 Å². The van der Waals surface area contributed by atoms with Gasteiger partial charge in [-0.3, -0.25) is 0 Å². The highest BCUT2D eigenvalue weighted by molar-refractivity contribution is 5.83. The molecule has 0 heterocycles. The van der Waals surface area contributed by atoms with Crippen LogP contribution in [0.4, 0.5) is 0 Å². The fraction of sp³-hybridized carbons (Fsp3) is 0.412. The van der Waals surface area contributed by atoms with Gasteiger partial charge in [-0.15, -0.1) is 0 Å². The summed E-state index contributed by atoms with van der Waals surface area (Å²) in [5, 5.41) is 6.07. The summed E-state index contributed by atoms with van der Waals surface area (Å²) < 4.78 is 0. The molecular formula is C17H23N. The van der Waals surface area contributed by atoms with E-state index in [2.05, 4.69) is 68.6 Å². The number of nitrogens with one attached hydrogen (secondary N) is 1. The van der Waals surface area contributed by atoms with E-state index in [0.29, 0.717) is 0 Å². The minimum absolute atomic E-state index is 0.228. The first-order valence-electron chi connectivity index (χ1n) is 6.83. The smallest absolute Gasteiger partial charge is 0.00407 e. The van der Waals surface area contributed by atoms with E-state index >= 15 is 0 Å². The monoisotopic (exact) mass is 241 g/mol. The molecule has 1 nitrogen and oxygen atoms in total. The number of rotatable bonds is 5. The van der Waals surface area contributed by atoms with Crippen molar-refractivity contribution in [3.05, 3.63) is 48.0 Å². The first-order chi connectivity index (χ1) is 8.63. The van der Waals surface area contributed by atoms with Crippen LogP contribution in [-0.2, 0) is 5.41 Å². The largest absolute Gasteiger partial charge is 0.317 e. The number of benzene rings is 2. The van der Waals surface area contributed by atoms with E-state index < -0.39 is 0 Å². The lowest BCUT2D eigenvalue weighted by molar-refractivity contribution is 0.461. The van der Waals surface area contributed by atoms with Crippen molar-refractivity contribution in [1.29, 1.82) is 0 Å². The Hall–Kier alpha value is -1.34. The molecular weight excluding hydrogens is 218 g/mol. The van der Waals surface area contributed by atoms with Crippen molar-refractivity contribution < 1.29 is 0 Å². The van der Waals surface area contributed by atoms with Gasteiger partial charge in [0, 0.05) is 0 Å². The molecule has 18 heavy (non-hydrogen) atoms. The molecule has 0 atom stereocenters. The van der Waals surface area contributed by atoms with Crippen molar-refractivity contribution in [3.63, 3.8) is 0 Å². The molecule has 0 bridgehead atoms. The Kier molecular flexibility index (Phi) is 4.03. The normalized spacial score (nSPS) is 11.9. The third kappa shape index (κ3) is 2.91. The van der Waals surface area contributed by atoms with Gasteiger partial charge in [-0.05, 0) is 41.3 Å². The van der Waals surface area contributed by atoms with Crippen molar-refractivity contribution >= 4 is 10.8 Å². The topological polar surface area (TPSA) is 12.0 Å². The molecule has 2 aromatic rings. The summed E-state index contributed by atoms with van der Waals surface area (Å²) in [7, 11) is 0. The number of fused-ring (bicyclic) bond motifs is 1. The molecule has 0 aliphatic rings. The Morgan fingerprint density at radius 1 is 1.00 bits per heavy atom. The van der Waals surface area contributed by atoms with Crippen molar-refractivity contribution in [2.45, 2.75) is 32.6 Å². The standard InChI is InChI=1S/C17H23N/c1-4-18-12-11-17(2,3)16-10-9-14-7-5-6-8-15(14)13-16/h5-10,13,18H,4,11-12H2,1-3H3. The van der Waals surface area contributed by atoms with Gasteiger partial charge >= 0.3 is 0 Å². The van der Waals surface area contributed by atoms with Crippen LogP contribution in [0.3, 0.4) is 0 Å². The van der Waals surface area contributed by atoms with E-state index in [4.69, 9.17) is 0 Å². The van der Waals surface area contributed by atoms with E-state index in [9.17, 15) is 0 Å². The van der Waals surface area contributed by atoms with Crippen LogP contribution < -0.4 is 5.32 Å². The van der Waals surface area contributed by atoms with E-state index in [-0.39, 0.29) is 5.41 Å². The quantitative estimate of drug-likeness (QED) is 0.777. The summed E-state index contributed by atoms with van der Waals surface area (Å²) in [6.07, 6.45) is 1.17. The summed E-state index contributed by atoms with van der Waals surface area (Å²) in [6, 6.07) is 15.4. The van der Waals surface area contributed by atoms with Crippen LogP contribution in [0, 0.1) is 0 Å². The summed E-state index contributed by atoms with van der Waals surface area (Å²) in [4.78, 5) is 0. The molecule has 0 aliphatic heterocycles. The zero-order chi connectivity index (χ0) is 13.0. The van der Waals surface area contributed by atoms with Gasteiger partial charge in [0.1, 0.15) is 0 Å². The molecule has 2 rings (SSSR count).